The van der Waals surface area contributed by atoms with E-state index < -0.39 is 17.8 Å². The molecule has 0 atom stereocenters. The maximum Gasteiger partial charge on any atom is 0.363 e. The van der Waals surface area contributed by atoms with E-state index in [1.54, 1.807) is 24.3 Å². The van der Waals surface area contributed by atoms with Gasteiger partial charge in [0, 0.05) is 5.56 Å². The molecule has 166 valence electrons. The molecule has 0 fully saturated rings. The molecule has 0 aliphatic carbocycles. The number of esters is 2. The summed E-state index contributed by atoms with van der Waals surface area (Å²) in [7, 11) is 1.46. The van der Waals surface area contributed by atoms with Crippen LogP contribution in [0.15, 0.2) is 71.4 Å². The Balaban J connectivity index is 1.63. The molecule has 0 amide bonds. The Morgan fingerprint density at radius 1 is 1.12 bits per heavy atom. The van der Waals surface area contributed by atoms with Crippen molar-refractivity contribution in [1.29, 1.82) is 0 Å². The number of aliphatic imine (C=N–C) groups is 1. The van der Waals surface area contributed by atoms with Gasteiger partial charge in [-0.2, -0.15) is 0 Å². The van der Waals surface area contributed by atoms with Crippen molar-refractivity contribution in [1.82, 2.24) is 0 Å². The molecule has 8 heteroatoms. The molecule has 0 bridgehead atoms. The van der Waals surface area contributed by atoms with Crippen LogP contribution in [0.4, 0.5) is 4.39 Å². The van der Waals surface area contributed by atoms with Crippen LogP contribution in [0, 0.1) is 16.3 Å². The Morgan fingerprint density at radius 3 is 2.55 bits per heavy atom. The number of methoxy groups -OCH3 is 1. The number of rotatable bonds is 5. The second kappa shape index (κ2) is 9.53. The summed E-state index contributed by atoms with van der Waals surface area (Å²) in [5, 5.41) is 0. The lowest BCUT2D eigenvalue weighted by Gasteiger charge is -2.13. The molecular weight excluding hydrogens is 540 g/mol. The van der Waals surface area contributed by atoms with Crippen molar-refractivity contribution in [2.75, 3.05) is 7.11 Å². The highest BCUT2D eigenvalue weighted by Crippen LogP contribution is 2.35. The summed E-state index contributed by atoms with van der Waals surface area (Å²) in [6, 6.07) is 16.0. The van der Waals surface area contributed by atoms with E-state index in [0.29, 0.717) is 26.0 Å². The summed E-state index contributed by atoms with van der Waals surface area (Å²) in [6.07, 6.45) is 1.54. The fraction of sp³-hybridized carbons (Fsp3) is 0.0800. The zero-order valence-corrected chi connectivity index (χ0v) is 19.8. The number of hydrogen-bond donors (Lipinski definition) is 0. The van der Waals surface area contributed by atoms with Crippen LogP contribution in [0.3, 0.4) is 0 Å². The van der Waals surface area contributed by atoms with Crippen LogP contribution < -0.4 is 9.47 Å². The van der Waals surface area contributed by atoms with Crippen molar-refractivity contribution in [3.05, 3.63) is 98.0 Å². The Bertz CT molecular complexity index is 1310. The second-order valence-electron chi connectivity index (χ2n) is 7.08. The molecule has 0 N–H and O–H groups in total. The van der Waals surface area contributed by atoms with Gasteiger partial charge in [0.25, 0.3) is 0 Å². The van der Waals surface area contributed by atoms with Crippen molar-refractivity contribution >= 4 is 46.5 Å². The number of aryl methyl sites for hydroxylation is 1. The van der Waals surface area contributed by atoms with E-state index in [4.69, 9.17) is 14.2 Å². The number of halogens is 2. The maximum atomic E-state index is 13.1. The van der Waals surface area contributed by atoms with Gasteiger partial charge in [-0.1, -0.05) is 18.2 Å². The smallest absolute Gasteiger partial charge is 0.363 e. The van der Waals surface area contributed by atoms with Crippen molar-refractivity contribution in [3.8, 4) is 11.5 Å². The van der Waals surface area contributed by atoms with Crippen LogP contribution in [0.2, 0.25) is 0 Å². The zero-order valence-electron chi connectivity index (χ0n) is 17.6. The van der Waals surface area contributed by atoms with Gasteiger partial charge in [0.2, 0.25) is 5.90 Å². The second-order valence-corrected chi connectivity index (χ2v) is 8.24. The first-order valence-electron chi connectivity index (χ1n) is 9.79. The Morgan fingerprint density at radius 2 is 1.85 bits per heavy atom. The molecule has 0 spiro atoms. The molecule has 6 nitrogen and oxygen atoms in total. The molecule has 3 aromatic carbocycles. The first-order valence-corrected chi connectivity index (χ1v) is 10.9. The fourth-order valence-corrected chi connectivity index (χ4v) is 3.89. The average Bonchev–Trinajstić information content (AvgIpc) is 3.16. The number of cyclic esters (lactones) is 1. The molecular formula is C25H17FINO5. The molecule has 1 aliphatic heterocycles. The molecule has 1 aliphatic rings. The summed E-state index contributed by atoms with van der Waals surface area (Å²) in [5.41, 5.74) is 2.42. The summed E-state index contributed by atoms with van der Waals surface area (Å²) >= 11 is 2.03. The van der Waals surface area contributed by atoms with Gasteiger partial charge in [0.1, 0.15) is 5.82 Å². The van der Waals surface area contributed by atoms with Gasteiger partial charge >= 0.3 is 11.9 Å². The minimum atomic E-state index is -0.627. The van der Waals surface area contributed by atoms with E-state index in [2.05, 4.69) is 4.99 Å². The number of carbonyl (C=O) groups is 2. The van der Waals surface area contributed by atoms with Gasteiger partial charge < -0.3 is 14.2 Å². The molecule has 33 heavy (non-hydrogen) atoms. The van der Waals surface area contributed by atoms with E-state index >= 15 is 0 Å². The van der Waals surface area contributed by atoms with Crippen LogP contribution in [0.5, 0.6) is 11.5 Å². The molecule has 4 rings (SSSR count). The lowest BCUT2D eigenvalue weighted by molar-refractivity contribution is -0.129. The summed E-state index contributed by atoms with van der Waals surface area (Å²) in [6.45, 7) is 1.83. The fourth-order valence-electron chi connectivity index (χ4n) is 3.15. The topological polar surface area (TPSA) is 74.2 Å². The first-order chi connectivity index (χ1) is 15.9. The SMILES string of the molecule is COc1cc(/C=C2\N=C(c3ccc(F)cc3)OC2=O)cc(I)c1OC(=O)c1ccccc1C. The van der Waals surface area contributed by atoms with Gasteiger partial charge in [-0.15, -0.1) is 0 Å². The third kappa shape index (κ3) is 4.95. The number of hydrogen-bond acceptors (Lipinski definition) is 6. The molecule has 0 radical (unpaired) electrons. The van der Waals surface area contributed by atoms with E-state index in [0.717, 1.165) is 5.56 Å². The van der Waals surface area contributed by atoms with Gasteiger partial charge in [0.15, 0.2) is 17.2 Å². The van der Waals surface area contributed by atoms with Crippen LogP contribution >= 0.6 is 22.6 Å². The van der Waals surface area contributed by atoms with E-state index in [1.807, 2.05) is 41.6 Å². The van der Waals surface area contributed by atoms with Crippen molar-refractivity contribution in [3.63, 3.8) is 0 Å². The summed E-state index contributed by atoms with van der Waals surface area (Å²) < 4.78 is 30.0. The monoisotopic (exact) mass is 557 g/mol. The highest BCUT2D eigenvalue weighted by atomic mass is 127. The van der Waals surface area contributed by atoms with Gasteiger partial charge in [-0.3, -0.25) is 0 Å². The Labute approximate surface area is 202 Å². The van der Waals surface area contributed by atoms with E-state index in [9.17, 15) is 14.0 Å². The lowest BCUT2D eigenvalue weighted by atomic mass is 10.1. The zero-order chi connectivity index (χ0) is 23.5. The van der Waals surface area contributed by atoms with Crippen LogP contribution in [-0.4, -0.2) is 24.9 Å². The number of benzene rings is 3. The van der Waals surface area contributed by atoms with E-state index in [-0.39, 0.29) is 17.3 Å². The molecule has 0 unspecified atom stereocenters. The number of carbonyl (C=O) groups excluding carboxylic acids is 2. The predicted octanol–water partition coefficient (Wildman–Crippen LogP) is 5.31. The molecule has 0 saturated heterocycles. The largest absolute Gasteiger partial charge is 0.493 e. The lowest BCUT2D eigenvalue weighted by Crippen LogP contribution is -2.11. The number of nitrogens with zero attached hydrogens (tertiary/aromatic N) is 1. The van der Waals surface area contributed by atoms with Crippen LogP contribution in [-0.2, 0) is 9.53 Å². The van der Waals surface area contributed by atoms with Crippen molar-refractivity contribution in [2.45, 2.75) is 6.92 Å². The molecule has 3 aromatic rings. The van der Waals surface area contributed by atoms with E-state index in [1.165, 1.54) is 37.5 Å². The highest BCUT2D eigenvalue weighted by molar-refractivity contribution is 14.1. The molecule has 0 aromatic heterocycles. The normalized spacial score (nSPS) is 14.1. The van der Waals surface area contributed by atoms with Gasteiger partial charge in [-0.05, 0) is 89.2 Å². The van der Waals surface area contributed by atoms with Crippen molar-refractivity contribution < 1.29 is 28.2 Å². The third-order valence-electron chi connectivity index (χ3n) is 4.83. The molecule has 1 heterocycles. The van der Waals surface area contributed by atoms with Crippen LogP contribution in [0.25, 0.3) is 6.08 Å². The predicted molar refractivity (Wildman–Crippen MR) is 129 cm³/mol. The van der Waals surface area contributed by atoms with Gasteiger partial charge in [-0.25, -0.2) is 19.0 Å². The standard InChI is InChI=1S/C25H17FINO5/c1-14-5-3-4-6-18(14)24(29)32-22-19(27)11-15(13-21(22)31-2)12-20-25(30)33-23(28-20)16-7-9-17(26)10-8-16/h3-13H,1-2H3/b20-12-. The van der Waals surface area contributed by atoms with Gasteiger partial charge in [0.05, 0.1) is 16.2 Å². The Kier molecular flexibility index (Phi) is 6.55. The molecule has 0 saturated carbocycles. The quantitative estimate of drug-likeness (QED) is 0.184. The highest BCUT2D eigenvalue weighted by Gasteiger charge is 2.25. The summed E-state index contributed by atoms with van der Waals surface area (Å²) in [4.78, 5) is 29.2. The minimum absolute atomic E-state index is 0.0804. The third-order valence-corrected chi connectivity index (χ3v) is 5.63. The van der Waals surface area contributed by atoms with Crippen LogP contribution in [0.1, 0.15) is 27.0 Å². The maximum absolute atomic E-state index is 13.1. The summed E-state index contributed by atoms with van der Waals surface area (Å²) in [5.74, 6) is -0.828. The Hall–Kier alpha value is -3.53. The minimum Gasteiger partial charge on any atom is -0.493 e. The first kappa shape index (κ1) is 22.7. The van der Waals surface area contributed by atoms with Crippen molar-refractivity contribution in [2.24, 2.45) is 4.99 Å². The average molecular weight is 557 g/mol. The number of ether oxygens (including phenoxy) is 3.